The lowest BCUT2D eigenvalue weighted by atomic mass is 10.1. The van der Waals surface area contributed by atoms with Gasteiger partial charge in [0.1, 0.15) is 5.58 Å². The molecule has 1 atom stereocenters. The van der Waals surface area contributed by atoms with Gasteiger partial charge in [0.2, 0.25) is 0 Å². The molecule has 1 N–H and O–H groups in total. The molecular formula is C15H17NO4. The van der Waals surface area contributed by atoms with Crippen molar-refractivity contribution in [2.24, 2.45) is 0 Å². The van der Waals surface area contributed by atoms with Crippen molar-refractivity contribution in [2.75, 3.05) is 6.61 Å². The minimum Gasteiger partial charge on any atom is -0.451 e. The molecule has 3 rings (SSSR count). The van der Waals surface area contributed by atoms with E-state index in [2.05, 4.69) is 5.48 Å². The predicted octanol–water partition coefficient (Wildman–Crippen LogP) is 2.93. The first-order valence-electron chi connectivity index (χ1n) is 6.81. The van der Waals surface area contributed by atoms with Crippen LogP contribution in [0.5, 0.6) is 0 Å². The highest BCUT2D eigenvalue weighted by Crippen LogP contribution is 2.24. The van der Waals surface area contributed by atoms with E-state index in [0.717, 1.165) is 30.2 Å². The maximum atomic E-state index is 12.1. The average molecular weight is 275 g/mol. The number of hydrogen-bond donors (Lipinski definition) is 1. The van der Waals surface area contributed by atoms with Crippen molar-refractivity contribution in [3.63, 3.8) is 0 Å². The summed E-state index contributed by atoms with van der Waals surface area (Å²) in [6.07, 6.45) is 2.51. The van der Waals surface area contributed by atoms with E-state index < -0.39 is 0 Å². The number of hydroxylamine groups is 1. The Balaban J connectivity index is 1.70. The molecule has 1 aromatic carbocycles. The van der Waals surface area contributed by atoms with Crippen molar-refractivity contribution in [3.8, 4) is 0 Å². The summed E-state index contributed by atoms with van der Waals surface area (Å²) in [7, 11) is 0. The molecule has 0 aliphatic carbocycles. The molecule has 0 bridgehead atoms. The predicted molar refractivity (Wildman–Crippen MR) is 73.1 cm³/mol. The van der Waals surface area contributed by atoms with Gasteiger partial charge in [-0.2, -0.15) is 0 Å². The molecule has 1 aromatic heterocycles. The van der Waals surface area contributed by atoms with Gasteiger partial charge in [0.15, 0.2) is 12.1 Å². The minimum atomic E-state index is -0.382. The Hall–Kier alpha value is -1.85. The fraction of sp³-hybridized carbons (Fsp3) is 0.400. The summed E-state index contributed by atoms with van der Waals surface area (Å²) in [6.45, 7) is 2.53. The van der Waals surface area contributed by atoms with Gasteiger partial charge >= 0.3 is 5.91 Å². The van der Waals surface area contributed by atoms with Crippen LogP contribution in [0.25, 0.3) is 11.0 Å². The zero-order valence-corrected chi connectivity index (χ0v) is 11.3. The first kappa shape index (κ1) is 13.1. The van der Waals surface area contributed by atoms with Crippen LogP contribution in [-0.2, 0) is 9.57 Å². The Morgan fingerprint density at radius 3 is 2.95 bits per heavy atom. The third kappa shape index (κ3) is 2.55. The van der Waals surface area contributed by atoms with Crippen LogP contribution in [0.3, 0.4) is 0 Å². The lowest BCUT2D eigenvalue weighted by Gasteiger charge is -2.21. The van der Waals surface area contributed by atoms with Crippen molar-refractivity contribution in [1.82, 2.24) is 5.48 Å². The second kappa shape index (κ2) is 5.64. The molecule has 0 saturated carbocycles. The Kier molecular flexibility index (Phi) is 3.71. The standard InChI is InChI=1S/C15H17NO4/c1-10-11-6-2-3-7-12(11)19-14(10)15(17)16-20-13-8-4-5-9-18-13/h2-3,6-7,13H,4-5,8-9H2,1H3,(H,16,17)/t13-/m1/s1. The van der Waals surface area contributed by atoms with Crippen molar-refractivity contribution < 1.29 is 18.8 Å². The van der Waals surface area contributed by atoms with E-state index in [1.54, 1.807) is 0 Å². The van der Waals surface area contributed by atoms with Gasteiger partial charge in [-0.3, -0.25) is 4.79 Å². The second-order valence-corrected chi connectivity index (χ2v) is 4.90. The van der Waals surface area contributed by atoms with E-state index in [-0.39, 0.29) is 18.0 Å². The Labute approximate surface area is 116 Å². The molecule has 5 heteroatoms. The number of rotatable bonds is 3. The van der Waals surface area contributed by atoms with Crippen LogP contribution in [0.4, 0.5) is 0 Å². The fourth-order valence-corrected chi connectivity index (χ4v) is 2.36. The van der Waals surface area contributed by atoms with Crippen LogP contribution in [0, 0.1) is 6.92 Å². The van der Waals surface area contributed by atoms with Gasteiger partial charge in [-0.1, -0.05) is 18.2 Å². The number of nitrogens with one attached hydrogen (secondary N) is 1. The van der Waals surface area contributed by atoms with Crippen LogP contribution < -0.4 is 5.48 Å². The summed E-state index contributed by atoms with van der Waals surface area (Å²) in [4.78, 5) is 17.4. The summed E-state index contributed by atoms with van der Waals surface area (Å²) in [5.41, 5.74) is 3.92. The van der Waals surface area contributed by atoms with Crippen LogP contribution in [0.2, 0.25) is 0 Å². The molecule has 2 aromatic rings. The van der Waals surface area contributed by atoms with Gasteiger partial charge in [-0.25, -0.2) is 10.3 Å². The van der Waals surface area contributed by atoms with E-state index >= 15 is 0 Å². The van der Waals surface area contributed by atoms with E-state index in [9.17, 15) is 4.79 Å². The highest BCUT2D eigenvalue weighted by Gasteiger charge is 2.20. The van der Waals surface area contributed by atoms with Gasteiger partial charge < -0.3 is 9.15 Å². The van der Waals surface area contributed by atoms with E-state index in [0.29, 0.717) is 12.2 Å². The summed E-state index contributed by atoms with van der Waals surface area (Å²) in [5.74, 6) is -0.102. The smallest absolute Gasteiger partial charge is 0.310 e. The minimum absolute atomic E-state index is 0.280. The summed E-state index contributed by atoms with van der Waals surface area (Å²) < 4.78 is 11.0. The maximum absolute atomic E-state index is 12.1. The lowest BCUT2D eigenvalue weighted by Crippen LogP contribution is -2.33. The number of amides is 1. The Morgan fingerprint density at radius 2 is 2.20 bits per heavy atom. The van der Waals surface area contributed by atoms with Gasteiger partial charge in [0.05, 0.1) is 0 Å². The largest absolute Gasteiger partial charge is 0.451 e. The summed E-state index contributed by atoms with van der Waals surface area (Å²) in [5, 5.41) is 0.937. The molecule has 0 unspecified atom stereocenters. The molecule has 20 heavy (non-hydrogen) atoms. The van der Waals surface area contributed by atoms with Crippen molar-refractivity contribution in [1.29, 1.82) is 0 Å². The molecule has 106 valence electrons. The number of carbonyl (C=O) groups excluding carboxylic acids is 1. The molecule has 5 nitrogen and oxygen atoms in total. The monoisotopic (exact) mass is 275 g/mol. The zero-order valence-electron chi connectivity index (χ0n) is 11.3. The van der Waals surface area contributed by atoms with Crippen LogP contribution in [0.1, 0.15) is 35.4 Å². The van der Waals surface area contributed by atoms with Crippen molar-refractivity contribution in [3.05, 3.63) is 35.6 Å². The average Bonchev–Trinajstić information content (AvgIpc) is 2.84. The number of carbonyl (C=O) groups is 1. The highest BCUT2D eigenvalue weighted by atomic mass is 16.8. The summed E-state index contributed by atoms with van der Waals surface area (Å²) in [6, 6.07) is 7.55. The third-order valence-corrected chi connectivity index (χ3v) is 3.47. The van der Waals surface area contributed by atoms with E-state index in [4.69, 9.17) is 14.0 Å². The normalized spacial score (nSPS) is 19.1. The Morgan fingerprint density at radius 1 is 1.35 bits per heavy atom. The van der Waals surface area contributed by atoms with E-state index in [1.165, 1.54) is 0 Å². The number of fused-ring (bicyclic) bond motifs is 1. The Bertz CT molecular complexity index is 613. The van der Waals surface area contributed by atoms with Gasteiger partial charge in [0.25, 0.3) is 0 Å². The number of furan rings is 1. The third-order valence-electron chi connectivity index (χ3n) is 3.47. The first-order valence-corrected chi connectivity index (χ1v) is 6.81. The topological polar surface area (TPSA) is 60.7 Å². The number of hydrogen-bond acceptors (Lipinski definition) is 4. The highest BCUT2D eigenvalue weighted by molar-refractivity contribution is 5.98. The molecule has 1 aliphatic heterocycles. The first-order chi connectivity index (χ1) is 9.75. The molecular weight excluding hydrogens is 258 g/mol. The fourth-order valence-electron chi connectivity index (χ4n) is 2.36. The molecule has 1 fully saturated rings. The van der Waals surface area contributed by atoms with Gasteiger partial charge in [0, 0.05) is 24.0 Å². The summed E-state index contributed by atoms with van der Waals surface area (Å²) >= 11 is 0. The van der Waals surface area contributed by atoms with Gasteiger partial charge in [-0.05, 0) is 25.8 Å². The molecule has 2 heterocycles. The van der Waals surface area contributed by atoms with Crippen molar-refractivity contribution in [2.45, 2.75) is 32.5 Å². The maximum Gasteiger partial charge on any atom is 0.310 e. The van der Waals surface area contributed by atoms with Crippen molar-refractivity contribution >= 4 is 16.9 Å². The van der Waals surface area contributed by atoms with Crippen LogP contribution >= 0.6 is 0 Å². The molecule has 1 amide bonds. The van der Waals surface area contributed by atoms with E-state index in [1.807, 2.05) is 31.2 Å². The van der Waals surface area contributed by atoms with Crippen LogP contribution in [-0.4, -0.2) is 18.8 Å². The zero-order chi connectivity index (χ0) is 13.9. The molecule has 0 radical (unpaired) electrons. The number of benzene rings is 1. The second-order valence-electron chi connectivity index (χ2n) is 4.90. The molecule has 1 saturated heterocycles. The number of aryl methyl sites for hydroxylation is 1. The van der Waals surface area contributed by atoms with Gasteiger partial charge in [-0.15, -0.1) is 0 Å². The lowest BCUT2D eigenvalue weighted by molar-refractivity contribution is -0.187. The number of ether oxygens (including phenoxy) is 1. The molecule has 0 spiro atoms. The molecule has 1 aliphatic rings. The number of para-hydroxylation sites is 1. The SMILES string of the molecule is Cc1c(C(=O)NO[C@@H]2CCCCO2)oc2ccccc12. The quantitative estimate of drug-likeness (QED) is 0.875. The van der Waals surface area contributed by atoms with Crippen LogP contribution in [0.15, 0.2) is 28.7 Å².